The maximum atomic E-state index is 12.4. The van der Waals surface area contributed by atoms with Crippen molar-refractivity contribution in [3.63, 3.8) is 0 Å². The zero-order valence-electron chi connectivity index (χ0n) is 16.3. The van der Waals surface area contributed by atoms with E-state index in [0.29, 0.717) is 13.1 Å². The van der Waals surface area contributed by atoms with Gasteiger partial charge in [-0.05, 0) is 56.7 Å². The average Bonchev–Trinajstić information content (AvgIpc) is 2.73. The molecule has 0 fully saturated rings. The number of hydrogen-bond acceptors (Lipinski definition) is 3. The molecule has 0 atom stereocenters. The Morgan fingerprint density at radius 2 is 1.75 bits per heavy atom. The third-order valence-electron chi connectivity index (χ3n) is 4.87. The fourth-order valence-electron chi connectivity index (χ4n) is 3.34. The molecule has 1 aromatic heterocycles. The Bertz CT molecular complexity index is 874. The maximum Gasteiger partial charge on any atom is 0.270 e. The number of benzene rings is 1. The van der Waals surface area contributed by atoms with Crippen LogP contribution >= 0.6 is 0 Å². The second-order valence-corrected chi connectivity index (χ2v) is 7.19. The largest absolute Gasteiger partial charge is 0.350 e. The summed E-state index contributed by atoms with van der Waals surface area (Å²) < 4.78 is 0. The van der Waals surface area contributed by atoms with E-state index in [1.807, 2.05) is 31.2 Å². The molecule has 0 spiro atoms. The number of carbonyl (C=O) groups excluding carboxylic acids is 2. The smallest absolute Gasteiger partial charge is 0.270 e. The zero-order valence-corrected chi connectivity index (χ0v) is 16.3. The van der Waals surface area contributed by atoms with Crippen molar-refractivity contribution in [2.75, 3.05) is 6.54 Å². The highest BCUT2D eigenvalue weighted by Crippen LogP contribution is 2.19. The Balaban J connectivity index is 1.52. The van der Waals surface area contributed by atoms with Gasteiger partial charge in [0.1, 0.15) is 11.4 Å². The average molecular weight is 377 g/mol. The first-order chi connectivity index (χ1) is 13.6. The summed E-state index contributed by atoms with van der Waals surface area (Å²) >= 11 is 0. The molecule has 1 aliphatic carbocycles. The number of amides is 2. The summed E-state index contributed by atoms with van der Waals surface area (Å²) in [5.74, 6) is -0.534. The van der Waals surface area contributed by atoms with Crippen molar-refractivity contribution in [1.29, 1.82) is 0 Å². The van der Waals surface area contributed by atoms with Crippen molar-refractivity contribution >= 4 is 11.8 Å². The van der Waals surface area contributed by atoms with Crippen molar-refractivity contribution < 1.29 is 9.59 Å². The van der Waals surface area contributed by atoms with Gasteiger partial charge in [-0.1, -0.05) is 47.5 Å². The Kier molecular flexibility index (Phi) is 6.95. The molecule has 5 nitrogen and oxygen atoms in total. The van der Waals surface area contributed by atoms with Gasteiger partial charge in [0.05, 0.1) is 0 Å². The summed E-state index contributed by atoms with van der Waals surface area (Å²) in [6.07, 6.45) is 7.93. The van der Waals surface area contributed by atoms with Crippen molar-refractivity contribution in [2.45, 2.75) is 45.6 Å². The predicted octanol–water partition coefficient (Wildman–Crippen LogP) is 3.94. The molecular formula is C23H27N3O2. The fourth-order valence-corrected chi connectivity index (χ4v) is 3.34. The first kappa shape index (κ1) is 19.8. The van der Waals surface area contributed by atoms with Crippen LogP contribution in [-0.2, 0) is 6.54 Å². The molecular weight excluding hydrogens is 350 g/mol. The Labute approximate surface area is 166 Å². The highest BCUT2D eigenvalue weighted by molar-refractivity contribution is 5.96. The van der Waals surface area contributed by atoms with E-state index in [4.69, 9.17) is 0 Å². The van der Waals surface area contributed by atoms with Crippen LogP contribution in [0.3, 0.4) is 0 Å². The van der Waals surface area contributed by atoms with Gasteiger partial charge >= 0.3 is 0 Å². The summed E-state index contributed by atoms with van der Waals surface area (Å²) in [5, 5.41) is 5.76. The van der Waals surface area contributed by atoms with Gasteiger partial charge in [-0.3, -0.25) is 9.59 Å². The lowest BCUT2D eigenvalue weighted by molar-refractivity contribution is 0.0943. The number of carbonyl (C=O) groups is 2. The minimum absolute atomic E-state index is 0.246. The van der Waals surface area contributed by atoms with E-state index in [0.717, 1.165) is 30.4 Å². The number of pyridine rings is 1. The van der Waals surface area contributed by atoms with Gasteiger partial charge in [0.15, 0.2) is 0 Å². The third-order valence-corrected chi connectivity index (χ3v) is 4.87. The Hall–Kier alpha value is -2.95. The number of allylic oxidation sites excluding steroid dienone is 1. The molecule has 0 unspecified atom stereocenters. The second-order valence-electron chi connectivity index (χ2n) is 7.19. The molecule has 1 aliphatic rings. The molecule has 0 saturated heterocycles. The molecule has 0 aliphatic heterocycles. The molecule has 2 N–H and O–H groups in total. The van der Waals surface area contributed by atoms with Crippen molar-refractivity contribution in [1.82, 2.24) is 15.6 Å². The summed E-state index contributed by atoms with van der Waals surface area (Å²) in [6, 6.07) is 12.9. The van der Waals surface area contributed by atoms with Crippen molar-refractivity contribution in [3.8, 4) is 0 Å². The Morgan fingerprint density at radius 1 is 1.00 bits per heavy atom. The lowest BCUT2D eigenvalue weighted by Crippen LogP contribution is -2.28. The molecule has 0 radical (unpaired) electrons. The minimum Gasteiger partial charge on any atom is -0.350 e. The summed E-state index contributed by atoms with van der Waals surface area (Å²) in [5.41, 5.74) is 4.10. The van der Waals surface area contributed by atoms with Gasteiger partial charge in [0.25, 0.3) is 11.8 Å². The standard InChI is InChI=1S/C23H27N3O2/c1-17-7-5-10-19(15-17)16-25-23(28)21-12-6-11-20(26-21)22(27)24-14-13-18-8-3-2-4-9-18/h5-8,10-12,15H,2-4,9,13-14,16H2,1H3,(H,24,27)(H,25,28). The summed E-state index contributed by atoms with van der Waals surface area (Å²) in [7, 11) is 0. The SMILES string of the molecule is Cc1cccc(CNC(=O)c2cccc(C(=O)NCCC3=CCCCC3)n2)c1. The van der Waals surface area contributed by atoms with E-state index < -0.39 is 0 Å². The number of rotatable bonds is 7. The van der Waals surface area contributed by atoms with Crippen molar-refractivity contribution in [3.05, 3.63) is 76.6 Å². The van der Waals surface area contributed by atoms with Gasteiger partial charge in [-0.25, -0.2) is 4.98 Å². The lowest BCUT2D eigenvalue weighted by atomic mass is 9.97. The van der Waals surface area contributed by atoms with Gasteiger partial charge < -0.3 is 10.6 Å². The van der Waals surface area contributed by atoms with E-state index in [9.17, 15) is 9.59 Å². The highest BCUT2D eigenvalue weighted by atomic mass is 16.2. The van der Waals surface area contributed by atoms with Crippen LogP contribution in [0, 0.1) is 6.92 Å². The van der Waals surface area contributed by atoms with Crippen LogP contribution < -0.4 is 10.6 Å². The quantitative estimate of drug-likeness (QED) is 0.718. The molecule has 1 heterocycles. The molecule has 146 valence electrons. The van der Waals surface area contributed by atoms with Crippen LogP contribution in [0.1, 0.15) is 64.2 Å². The molecule has 28 heavy (non-hydrogen) atoms. The van der Waals surface area contributed by atoms with Crippen LogP contribution in [-0.4, -0.2) is 23.3 Å². The first-order valence-corrected chi connectivity index (χ1v) is 9.89. The normalized spacial score (nSPS) is 13.5. The zero-order chi connectivity index (χ0) is 19.8. The van der Waals surface area contributed by atoms with Crippen LogP contribution in [0.25, 0.3) is 0 Å². The third kappa shape index (κ3) is 5.78. The molecule has 0 bridgehead atoms. The number of nitrogens with zero attached hydrogens (tertiary/aromatic N) is 1. The molecule has 2 amide bonds. The van der Waals surface area contributed by atoms with E-state index in [1.165, 1.54) is 18.4 Å². The van der Waals surface area contributed by atoms with Crippen LogP contribution in [0.4, 0.5) is 0 Å². The monoisotopic (exact) mass is 377 g/mol. The predicted molar refractivity (Wildman–Crippen MR) is 110 cm³/mol. The number of aryl methyl sites for hydroxylation is 1. The number of nitrogens with one attached hydrogen (secondary N) is 2. The van der Waals surface area contributed by atoms with E-state index in [2.05, 4.69) is 21.7 Å². The molecule has 5 heteroatoms. The Morgan fingerprint density at radius 3 is 2.46 bits per heavy atom. The summed E-state index contributed by atoms with van der Waals surface area (Å²) in [6.45, 7) is 3.03. The highest BCUT2D eigenvalue weighted by Gasteiger charge is 2.12. The first-order valence-electron chi connectivity index (χ1n) is 9.89. The van der Waals surface area contributed by atoms with Crippen LogP contribution in [0.5, 0.6) is 0 Å². The molecule has 0 saturated carbocycles. The minimum atomic E-state index is -0.288. The van der Waals surface area contributed by atoms with Gasteiger partial charge in [0, 0.05) is 13.1 Å². The van der Waals surface area contributed by atoms with Crippen molar-refractivity contribution in [2.24, 2.45) is 0 Å². The lowest BCUT2D eigenvalue weighted by Gasteiger charge is -2.13. The second kappa shape index (κ2) is 9.83. The van der Waals surface area contributed by atoms with E-state index in [1.54, 1.807) is 18.2 Å². The fraction of sp³-hybridized carbons (Fsp3) is 0.348. The van der Waals surface area contributed by atoms with Gasteiger partial charge in [-0.2, -0.15) is 0 Å². The molecule has 3 rings (SSSR count). The van der Waals surface area contributed by atoms with Crippen LogP contribution in [0.15, 0.2) is 54.1 Å². The van der Waals surface area contributed by atoms with Gasteiger partial charge in [0.2, 0.25) is 0 Å². The van der Waals surface area contributed by atoms with E-state index in [-0.39, 0.29) is 23.2 Å². The van der Waals surface area contributed by atoms with E-state index >= 15 is 0 Å². The number of aromatic nitrogens is 1. The number of hydrogen-bond donors (Lipinski definition) is 2. The van der Waals surface area contributed by atoms with Gasteiger partial charge in [-0.15, -0.1) is 0 Å². The summed E-state index contributed by atoms with van der Waals surface area (Å²) in [4.78, 5) is 29.0. The molecule has 2 aromatic rings. The topological polar surface area (TPSA) is 71.1 Å². The maximum absolute atomic E-state index is 12.4. The molecule has 1 aromatic carbocycles. The van der Waals surface area contributed by atoms with Crippen LogP contribution in [0.2, 0.25) is 0 Å².